The lowest BCUT2D eigenvalue weighted by molar-refractivity contribution is -0.143. The molecule has 0 atom stereocenters. The summed E-state index contributed by atoms with van der Waals surface area (Å²) in [6.45, 7) is 4.96. The van der Waals surface area contributed by atoms with Gasteiger partial charge in [-0.1, -0.05) is 6.07 Å². The number of esters is 1. The number of nitrogens with zero attached hydrogens (tertiary/aromatic N) is 2. The molecule has 2 rings (SSSR count). The third-order valence-electron chi connectivity index (χ3n) is 2.95. The summed E-state index contributed by atoms with van der Waals surface area (Å²) in [7, 11) is 0. The van der Waals surface area contributed by atoms with Crippen LogP contribution in [0.1, 0.15) is 25.3 Å². The Morgan fingerprint density at radius 1 is 1.35 bits per heavy atom. The number of carbonyl (C=O) groups excluding carboxylic acids is 1. The van der Waals surface area contributed by atoms with Gasteiger partial charge in [-0.3, -0.25) is 4.79 Å². The maximum atomic E-state index is 11.2. The van der Waals surface area contributed by atoms with Crippen LogP contribution in [0, 0.1) is 6.92 Å². The van der Waals surface area contributed by atoms with Gasteiger partial charge in [-0.15, -0.1) is 0 Å². The molecule has 0 spiro atoms. The van der Waals surface area contributed by atoms with E-state index in [1.54, 1.807) is 6.33 Å². The Bertz CT molecular complexity index is 599. The van der Waals surface area contributed by atoms with Gasteiger partial charge in [0, 0.05) is 18.4 Å². The van der Waals surface area contributed by atoms with E-state index in [0.29, 0.717) is 19.6 Å². The number of nitrogens with one attached hydrogen (secondary N) is 1. The first kappa shape index (κ1) is 14.2. The van der Waals surface area contributed by atoms with E-state index >= 15 is 0 Å². The van der Waals surface area contributed by atoms with Gasteiger partial charge in [0.2, 0.25) is 0 Å². The van der Waals surface area contributed by atoms with E-state index in [0.717, 1.165) is 23.1 Å². The van der Waals surface area contributed by atoms with Crippen molar-refractivity contribution in [3.05, 3.63) is 30.1 Å². The molecule has 0 saturated carbocycles. The Balaban J connectivity index is 1.95. The minimum absolute atomic E-state index is 0.155. The summed E-state index contributed by atoms with van der Waals surface area (Å²) in [6, 6.07) is 6.08. The summed E-state index contributed by atoms with van der Waals surface area (Å²) in [6.07, 6.45) is 2.69. The zero-order chi connectivity index (χ0) is 14.4. The Hall–Kier alpha value is -2.17. The maximum absolute atomic E-state index is 11.2. The molecule has 2 aromatic rings. The van der Waals surface area contributed by atoms with Crippen molar-refractivity contribution in [3.8, 4) is 0 Å². The number of aryl methyl sites for hydroxylation is 1. The van der Waals surface area contributed by atoms with Gasteiger partial charge in [0.25, 0.3) is 0 Å². The van der Waals surface area contributed by atoms with Gasteiger partial charge >= 0.3 is 5.97 Å². The molecular formula is C15H19N3O2. The maximum Gasteiger partial charge on any atom is 0.305 e. The molecule has 5 nitrogen and oxygen atoms in total. The largest absolute Gasteiger partial charge is 0.466 e. The van der Waals surface area contributed by atoms with Gasteiger partial charge in [-0.05, 0) is 38.0 Å². The highest BCUT2D eigenvalue weighted by Crippen LogP contribution is 2.19. The van der Waals surface area contributed by atoms with Crippen molar-refractivity contribution < 1.29 is 9.53 Å². The molecule has 5 heteroatoms. The molecule has 1 heterocycles. The van der Waals surface area contributed by atoms with Crippen molar-refractivity contribution >= 4 is 22.7 Å². The number of hydrogen-bond acceptors (Lipinski definition) is 5. The number of aromatic nitrogens is 2. The fourth-order valence-corrected chi connectivity index (χ4v) is 1.98. The predicted octanol–water partition coefficient (Wildman–Crippen LogP) is 2.69. The van der Waals surface area contributed by atoms with Crippen LogP contribution in [-0.4, -0.2) is 29.1 Å². The molecule has 20 heavy (non-hydrogen) atoms. The van der Waals surface area contributed by atoms with Crippen LogP contribution >= 0.6 is 0 Å². The van der Waals surface area contributed by atoms with E-state index in [4.69, 9.17) is 4.74 Å². The molecule has 0 radical (unpaired) electrons. The predicted molar refractivity (Wildman–Crippen MR) is 78.6 cm³/mol. The molecule has 0 fully saturated rings. The quantitative estimate of drug-likeness (QED) is 0.647. The SMILES string of the molecule is CCOC(=O)CCCNc1ncnc2cc(C)ccc12. The van der Waals surface area contributed by atoms with Crippen molar-refractivity contribution in [3.63, 3.8) is 0 Å². The number of carbonyl (C=O) groups is 1. The molecule has 0 aliphatic carbocycles. The van der Waals surface area contributed by atoms with Crippen LogP contribution in [0.2, 0.25) is 0 Å². The smallest absolute Gasteiger partial charge is 0.305 e. The van der Waals surface area contributed by atoms with E-state index in [9.17, 15) is 4.79 Å². The Morgan fingerprint density at radius 3 is 3.00 bits per heavy atom. The second kappa shape index (κ2) is 6.84. The average molecular weight is 273 g/mol. The number of fused-ring (bicyclic) bond motifs is 1. The van der Waals surface area contributed by atoms with Crippen molar-refractivity contribution in [2.45, 2.75) is 26.7 Å². The topological polar surface area (TPSA) is 64.1 Å². The summed E-state index contributed by atoms with van der Waals surface area (Å²) >= 11 is 0. The fourth-order valence-electron chi connectivity index (χ4n) is 1.98. The van der Waals surface area contributed by atoms with E-state index in [1.165, 1.54) is 5.56 Å². The van der Waals surface area contributed by atoms with Gasteiger partial charge in [0.05, 0.1) is 12.1 Å². The van der Waals surface area contributed by atoms with Gasteiger partial charge < -0.3 is 10.1 Å². The summed E-state index contributed by atoms with van der Waals surface area (Å²) in [4.78, 5) is 19.7. The summed E-state index contributed by atoms with van der Waals surface area (Å²) < 4.78 is 4.89. The first-order valence-corrected chi connectivity index (χ1v) is 6.81. The van der Waals surface area contributed by atoms with Crippen molar-refractivity contribution in [2.24, 2.45) is 0 Å². The average Bonchev–Trinajstić information content (AvgIpc) is 2.43. The zero-order valence-corrected chi connectivity index (χ0v) is 11.8. The van der Waals surface area contributed by atoms with Gasteiger partial charge in [-0.25, -0.2) is 9.97 Å². The number of rotatable bonds is 6. The molecule has 1 N–H and O–H groups in total. The minimum atomic E-state index is -0.155. The number of anilines is 1. The molecule has 0 aliphatic heterocycles. The van der Waals surface area contributed by atoms with Crippen LogP contribution in [0.15, 0.2) is 24.5 Å². The van der Waals surface area contributed by atoms with Crippen LogP contribution in [0.3, 0.4) is 0 Å². The molecule has 0 aliphatic rings. The van der Waals surface area contributed by atoms with Gasteiger partial charge in [-0.2, -0.15) is 0 Å². The molecule has 0 saturated heterocycles. The van der Waals surface area contributed by atoms with Gasteiger partial charge in [0.15, 0.2) is 0 Å². The van der Waals surface area contributed by atoms with E-state index in [2.05, 4.69) is 15.3 Å². The van der Waals surface area contributed by atoms with E-state index in [-0.39, 0.29) is 5.97 Å². The Labute approximate surface area is 118 Å². The summed E-state index contributed by atoms with van der Waals surface area (Å²) in [5.74, 6) is 0.649. The fraction of sp³-hybridized carbons (Fsp3) is 0.400. The molecule has 0 unspecified atom stereocenters. The molecule has 1 aromatic carbocycles. The van der Waals surface area contributed by atoms with Crippen molar-refractivity contribution in [1.29, 1.82) is 0 Å². The van der Waals surface area contributed by atoms with Crippen LogP contribution in [0.25, 0.3) is 10.9 Å². The lowest BCUT2D eigenvalue weighted by Gasteiger charge is -2.08. The third kappa shape index (κ3) is 3.66. The number of ether oxygens (including phenoxy) is 1. The Kier molecular flexibility index (Phi) is 4.87. The molecular weight excluding hydrogens is 254 g/mol. The number of hydrogen-bond donors (Lipinski definition) is 1. The number of benzene rings is 1. The molecule has 106 valence electrons. The van der Waals surface area contributed by atoms with Crippen LogP contribution in [0.4, 0.5) is 5.82 Å². The highest BCUT2D eigenvalue weighted by Gasteiger charge is 2.04. The zero-order valence-electron chi connectivity index (χ0n) is 11.8. The third-order valence-corrected chi connectivity index (χ3v) is 2.95. The normalized spacial score (nSPS) is 10.5. The standard InChI is InChI=1S/C15H19N3O2/c1-3-20-14(19)5-4-8-16-15-12-7-6-11(2)9-13(12)17-10-18-15/h6-7,9-10H,3-5,8H2,1-2H3,(H,16,17,18). The molecule has 0 bridgehead atoms. The Morgan fingerprint density at radius 2 is 2.20 bits per heavy atom. The lowest BCUT2D eigenvalue weighted by Crippen LogP contribution is -2.09. The molecule has 0 amide bonds. The van der Waals surface area contributed by atoms with Crippen LogP contribution in [0.5, 0.6) is 0 Å². The van der Waals surface area contributed by atoms with Crippen molar-refractivity contribution in [1.82, 2.24) is 9.97 Å². The monoisotopic (exact) mass is 273 g/mol. The lowest BCUT2D eigenvalue weighted by atomic mass is 10.1. The highest BCUT2D eigenvalue weighted by molar-refractivity contribution is 5.89. The first-order valence-electron chi connectivity index (χ1n) is 6.81. The summed E-state index contributed by atoms with van der Waals surface area (Å²) in [5.41, 5.74) is 2.09. The van der Waals surface area contributed by atoms with E-state index < -0.39 is 0 Å². The second-order valence-electron chi connectivity index (χ2n) is 4.58. The molecule has 1 aromatic heterocycles. The minimum Gasteiger partial charge on any atom is -0.466 e. The van der Waals surface area contributed by atoms with Gasteiger partial charge in [0.1, 0.15) is 12.1 Å². The van der Waals surface area contributed by atoms with E-state index in [1.807, 2.05) is 32.0 Å². The highest BCUT2D eigenvalue weighted by atomic mass is 16.5. The second-order valence-corrected chi connectivity index (χ2v) is 4.58. The first-order chi connectivity index (χ1) is 9.70. The van der Waals surface area contributed by atoms with Crippen molar-refractivity contribution in [2.75, 3.05) is 18.5 Å². The van der Waals surface area contributed by atoms with Crippen LogP contribution in [-0.2, 0) is 9.53 Å². The van der Waals surface area contributed by atoms with Crippen LogP contribution < -0.4 is 5.32 Å². The summed E-state index contributed by atoms with van der Waals surface area (Å²) in [5, 5.41) is 4.24.